The van der Waals surface area contributed by atoms with Crippen molar-refractivity contribution >= 4 is 27.3 Å². The number of hydrogen-bond donors (Lipinski definition) is 1. The number of hydrogen-bond acceptors (Lipinski definition) is 4. The smallest absolute Gasteiger partial charge is 0.310 e. The SMILES string of the molecule is COC1CC(c2nc3ncc(F)c(C4CCN(C(=O)c5ccc(S(F)(F)(F)(F)F)cc5)CC4)c3[nH]2)C1. The zero-order valence-electron chi connectivity index (χ0n) is 19.2. The van der Waals surface area contributed by atoms with Gasteiger partial charge in [-0.1, -0.05) is 19.4 Å². The molecule has 1 aliphatic heterocycles. The van der Waals surface area contributed by atoms with Crippen molar-refractivity contribution in [1.29, 1.82) is 0 Å². The summed E-state index contributed by atoms with van der Waals surface area (Å²) in [5.41, 5.74) is 1.28. The number of likely N-dealkylation sites (tertiary alicyclic amines) is 1. The van der Waals surface area contributed by atoms with Crippen LogP contribution in [-0.2, 0) is 4.74 Å². The summed E-state index contributed by atoms with van der Waals surface area (Å²) in [5, 5.41) is 0. The molecule has 1 N–H and O–H groups in total. The van der Waals surface area contributed by atoms with E-state index in [4.69, 9.17) is 4.74 Å². The van der Waals surface area contributed by atoms with Crippen molar-refractivity contribution in [1.82, 2.24) is 19.9 Å². The van der Waals surface area contributed by atoms with Gasteiger partial charge in [-0.2, -0.15) is 0 Å². The number of carbonyl (C=O) groups is 1. The van der Waals surface area contributed by atoms with E-state index >= 15 is 0 Å². The number of benzene rings is 1. The number of piperidine rings is 1. The summed E-state index contributed by atoms with van der Waals surface area (Å²) < 4.78 is 84.9. The minimum Gasteiger partial charge on any atom is -0.381 e. The van der Waals surface area contributed by atoms with Gasteiger partial charge in [0, 0.05) is 37.2 Å². The van der Waals surface area contributed by atoms with E-state index in [1.807, 2.05) is 0 Å². The van der Waals surface area contributed by atoms with Gasteiger partial charge in [0.15, 0.2) is 5.65 Å². The highest BCUT2D eigenvalue weighted by atomic mass is 32.5. The average molecular weight is 535 g/mol. The second-order valence-corrected chi connectivity index (χ2v) is 11.8. The molecule has 5 rings (SSSR count). The monoisotopic (exact) mass is 534 g/mol. The van der Waals surface area contributed by atoms with Crippen molar-refractivity contribution in [3.63, 3.8) is 0 Å². The molecule has 1 saturated heterocycles. The molecular weight excluding hydrogens is 510 g/mol. The highest BCUT2D eigenvalue weighted by Gasteiger charge is 2.65. The van der Waals surface area contributed by atoms with Gasteiger partial charge in [-0.15, -0.1) is 0 Å². The number of imidazole rings is 1. The highest BCUT2D eigenvalue weighted by Crippen LogP contribution is 3.02. The molecule has 0 atom stereocenters. The molecule has 0 unspecified atom stereocenters. The van der Waals surface area contributed by atoms with Crippen molar-refractivity contribution in [2.75, 3.05) is 20.2 Å². The number of methoxy groups -OCH3 is 1. The highest BCUT2D eigenvalue weighted by molar-refractivity contribution is 8.45. The molecule has 2 aromatic heterocycles. The van der Waals surface area contributed by atoms with E-state index in [1.54, 1.807) is 7.11 Å². The first-order chi connectivity index (χ1) is 16.7. The number of rotatable bonds is 5. The Morgan fingerprint density at radius 3 is 2.28 bits per heavy atom. The molecule has 36 heavy (non-hydrogen) atoms. The topological polar surface area (TPSA) is 71.1 Å². The number of halogens is 6. The third-order valence-corrected chi connectivity index (χ3v) is 8.24. The summed E-state index contributed by atoms with van der Waals surface area (Å²) in [6.07, 6.45) is 3.77. The fraction of sp³-hybridized carbons (Fsp3) is 0.435. The molecule has 13 heteroatoms. The Kier molecular flexibility index (Phi) is 5.42. The fourth-order valence-corrected chi connectivity index (χ4v) is 5.60. The summed E-state index contributed by atoms with van der Waals surface area (Å²) >= 11 is 0. The van der Waals surface area contributed by atoms with Gasteiger partial charge in [0.05, 0.1) is 17.8 Å². The van der Waals surface area contributed by atoms with E-state index in [-0.39, 0.29) is 48.7 Å². The van der Waals surface area contributed by atoms with Crippen LogP contribution in [0, 0.1) is 5.82 Å². The molecule has 0 bridgehead atoms. The van der Waals surface area contributed by atoms with Gasteiger partial charge in [0.25, 0.3) is 5.91 Å². The second-order valence-electron chi connectivity index (χ2n) is 9.43. The molecule has 0 spiro atoms. The lowest BCUT2D eigenvalue weighted by Crippen LogP contribution is -2.38. The van der Waals surface area contributed by atoms with Crippen LogP contribution in [0.15, 0.2) is 35.4 Å². The molecule has 2 aliphatic rings. The number of fused-ring (bicyclic) bond motifs is 1. The molecule has 2 fully saturated rings. The molecule has 0 radical (unpaired) electrons. The maximum Gasteiger partial charge on any atom is 0.310 e. The van der Waals surface area contributed by atoms with Crippen LogP contribution < -0.4 is 0 Å². The van der Waals surface area contributed by atoms with Crippen LogP contribution in [0.25, 0.3) is 11.2 Å². The van der Waals surface area contributed by atoms with E-state index < -0.39 is 26.8 Å². The van der Waals surface area contributed by atoms with Crippen molar-refractivity contribution in [3.8, 4) is 0 Å². The molecule has 196 valence electrons. The molecule has 3 heterocycles. The van der Waals surface area contributed by atoms with Crippen molar-refractivity contribution in [2.45, 2.75) is 48.5 Å². The normalized spacial score (nSPS) is 23.2. The van der Waals surface area contributed by atoms with Crippen molar-refractivity contribution < 1.29 is 33.4 Å². The molecule has 6 nitrogen and oxygen atoms in total. The molecule has 1 aromatic carbocycles. The Hall–Kier alpha value is -2.80. The third kappa shape index (κ3) is 4.65. The molecule has 1 amide bonds. The van der Waals surface area contributed by atoms with E-state index in [9.17, 15) is 28.6 Å². The second kappa shape index (κ2) is 7.85. The molecular formula is C23H24F6N4O2S. The number of nitrogens with zero attached hydrogens (tertiary/aromatic N) is 3. The van der Waals surface area contributed by atoms with Crippen LogP contribution in [0.3, 0.4) is 0 Å². The number of nitrogens with one attached hydrogen (secondary N) is 1. The Labute approximate surface area is 202 Å². The Balaban J connectivity index is 1.30. The van der Waals surface area contributed by atoms with Crippen LogP contribution in [0.5, 0.6) is 0 Å². The van der Waals surface area contributed by atoms with Gasteiger partial charge < -0.3 is 14.6 Å². The van der Waals surface area contributed by atoms with E-state index in [0.29, 0.717) is 29.6 Å². The predicted molar refractivity (Wildman–Crippen MR) is 122 cm³/mol. The van der Waals surface area contributed by atoms with Crippen LogP contribution >= 0.6 is 10.2 Å². The maximum absolute atomic E-state index is 14.9. The fourth-order valence-electron chi connectivity index (χ4n) is 4.95. The van der Waals surface area contributed by atoms with E-state index in [1.165, 1.54) is 4.90 Å². The zero-order valence-corrected chi connectivity index (χ0v) is 20.0. The van der Waals surface area contributed by atoms with Gasteiger partial charge in [-0.3, -0.25) is 4.79 Å². The molecule has 3 aromatic rings. The van der Waals surface area contributed by atoms with Crippen LogP contribution in [0.4, 0.5) is 23.8 Å². The lowest BCUT2D eigenvalue weighted by atomic mass is 9.82. The molecule has 1 saturated carbocycles. The summed E-state index contributed by atoms with van der Waals surface area (Å²) in [5.74, 6) is -0.344. The first kappa shape index (κ1) is 24.9. The minimum atomic E-state index is -9.81. The Morgan fingerprint density at radius 2 is 1.69 bits per heavy atom. The van der Waals surface area contributed by atoms with Gasteiger partial charge >= 0.3 is 10.2 Å². The predicted octanol–water partition coefficient (Wildman–Crippen LogP) is 6.67. The maximum atomic E-state index is 14.9. The van der Waals surface area contributed by atoms with Gasteiger partial charge in [-0.25, -0.2) is 14.4 Å². The van der Waals surface area contributed by atoms with Crippen LogP contribution in [-0.4, -0.2) is 52.1 Å². The Bertz CT molecular complexity index is 1320. The van der Waals surface area contributed by atoms with Crippen molar-refractivity contribution in [3.05, 3.63) is 53.2 Å². The average Bonchev–Trinajstić information content (AvgIpc) is 3.20. The number of aromatic amines is 1. The van der Waals surface area contributed by atoms with Gasteiger partial charge in [-0.05, 0) is 55.9 Å². The standard InChI is InChI=1S/C23H24F6N4O2S/c1-35-16-10-15(11-16)21-31-20-19(18(24)12-30-22(20)32-21)13-6-8-33(9-7-13)23(34)14-2-4-17(5-3-14)36(25,26,27,28)29/h2-5,12-13,15-16H,6-11H2,1H3,(H,30,31,32). The number of ether oxygens (including phenoxy) is 1. The largest absolute Gasteiger partial charge is 0.381 e. The minimum absolute atomic E-state index is 0.121. The van der Waals surface area contributed by atoms with Gasteiger partial charge in [0.2, 0.25) is 0 Å². The number of amides is 1. The summed E-state index contributed by atoms with van der Waals surface area (Å²) in [7, 11) is -8.15. The first-order valence-electron chi connectivity index (χ1n) is 11.4. The van der Waals surface area contributed by atoms with E-state index in [0.717, 1.165) is 37.0 Å². The number of pyridine rings is 1. The number of H-pyrrole nitrogens is 1. The lowest BCUT2D eigenvalue weighted by molar-refractivity contribution is 0.0239. The number of carbonyl (C=O) groups excluding carboxylic acids is 1. The van der Waals surface area contributed by atoms with Crippen molar-refractivity contribution in [2.24, 2.45) is 0 Å². The van der Waals surface area contributed by atoms with Gasteiger partial charge in [0.1, 0.15) is 16.5 Å². The molecule has 1 aliphatic carbocycles. The Morgan fingerprint density at radius 1 is 1.06 bits per heavy atom. The third-order valence-electron chi connectivity index (χ3n) is 7.08. The summed E-state index contributed by atoms with van der Waals surface area (Å²) in [6.45, 7) is 0.463. The zero-order chi connectivity index (χ0) is 25.9. The quantitative estimate of drug-likeness (QED) is 0.372. The van der Waals surface area contributed by atoms with Crippen LogP contribution in [0.2, 0.25) is 0 Å². The number of aromatic nitrogens is 3. The van der Waals surface area contributed by atoms with E-state index in [2.05, 4.69) is 15.0 Å². The first-order valence-corrected chi connectivity index (χ1v) is 13.4. The lowest BCUT2D eigenvalue weighted by Gasteiger charge is -2.40. The van der Waals surface area contributed by atoms with Crippen LogP contribution in [0.1, 0.15) is 59.3 Å². The summed E-state index contributed by atoms with van der Waals surface area (Å²) in [4.78, 5) is 24.0. The summed E-state index contributed by atoms with van der Waals surface area (Å²) in [6, 6.07) is 1.98.